The number of para-hydroxylation sites is 1. The lowest BCUT2D eigenvalue weighted by Crippen LogP contribution is -2.59. The Bertz CT molecular complexity index is 864. The molecule has 0 amide bonds. The number of fused-ring (bicyclic) bond motifs is 2. The predicted molar refractivity (Wildman–Crippen MR) is 92.0 cm³/mol. The molecular weight excluding hydrogens is 336 g/mol. The van der Waals surface area contributed by atoms with Gasteiger partial charge in [-0.3, -0.25) is 4.90 Å². The highest BCUT2D eigenvalue weighted by molar-refractivity contribution is 7.91. The van der Waals surface area contributed by atoms with Crippen molar-refractivity contribution < 1.29 is 8.42 Å². The van der Waals surface area contributed by atoms with Gasteiger partial charge in [0.15, 0.2) is 9.84 Å². The van der Waals surface area contributed by atoms with Gasteiger partial charge in [0, 0.05) is 39.3 Å². The summed E-state index contributed by atoms with van der Waals surface area (Å²) in [5.41, 5.74) is 2.91. The highest BCUT2D eigenvalue weighted by Gasteiger charge is 2.35. The molecule has 2 aromatic rings. The van der Waals surface area contributed by atoms with Gasteiger partial charge in [0.25, 0.3) is 0 Å². The van der Waals surface area contributed by atoms with Crippen molar-refractivity contribution in [3.63, 3.8) is 0 Å². The van der Waals surface area contributed by atoms with Crippen LogP contribution in [0.5, 0.6) is 0 Å². The average molecular weight is 355 g/mol. The van der Waals surface area contributed by atoms with Crippen molar-refractivity contribution in [3.05, 3.63) is 23.5 Å². The molecular formula is C15H19ClN4O2S. The van der Waals surface area contributed by atoms with Crippen LogP contribution in [0.2, 0.25) is 5.28 Å². The molecule has 124 valence electrons. The van der Waals surface area contributed by atoms with Crippen LogP contribution in [0.1, 0.15) is 0 Å². The Morgan fingerprint density at radius 1 is 1.26 bits per heavy atom. The molecule has 0 radical (unpaired) electrons. The van der Waals surface area contributed by atoms with E-state index in [4.69, 9.17) is 11.6 Å². The largest absolute Gasteiger partial charge is 0.367 e. The molecule has 4 rings (SSSR count). The Kier molecular flexibility index (Phi) is 3.55. The van der Waals surface area contributed by atoms with Gasteiger partial charge in [-0.25, -0.2) is 13.4 Å². The SMILES string of the molecule is Cn1c(Cl)nc2c(N3CCN4CCS(=O)(=O)CC4C3)cccc21. The van der Waals surface area contributed by atoms with Gasteiger partial charge < -0.3 is 9.47 Å². The van der Waals surface area contributed by atoms with Gasteiger partial charge in [-0.05, 0) is 23.7 Å². The van der Waals surface area contributed by atoms with Crippen LogP contribution in [0.25, 0.3) is 11.0 Å². The summed E-state index contributed by atoms with van der Waals surface area (Å²) in [6, 6.07) is 6.11. The van der Waals surface area contributed by atoms with E-state index in [1.165, 1.54) is 0 Å². The Morgan fingerprint density at radius 2 is 2.09 bits per heavy atom. The molecule has 0 aliphatic carbocycles. The molecule has 1 unspecified atom stereocenters. The predicted octanol–water partition coefficient (Wildman–Crippen LogP) is 1.15. The fourth-order valence-corrected chi connectivity index (χ4v) is 5.38. The summed E-state index contributed by atoms with van der Waals surface area (Å²) in [4.78, 5) is 9.01. The molecule has 0 N–H and O–H groups in total. The first-order chi connectivity index (χ1) is 10.9. The van der Waals surface area contributed by atoms with Crippen molar-refractivity contribution in [2.45, 2.75) is 6.04 Å². The number of imidazole rings is 1. The number of halogens is 1. The smallest absolute Gasteiger partial charge is 0.203 e. The number of sulfone groups is 1. The minimum absolute atomic E-state index is 0.0666. The maximum atomic E-state index is 11.9. The number of hydrogen-bond acceptors (Lipinski definition) is 5. The fraction of sp³-hybridized carbons (Fsp3) is 0.533. The van der Waals surface area contributed by atoms with Crippen LogP contribution in [-0.4, -0.2) is 66.6 Å². The van der Waals surface area contributed by atoms with Crippen LogP contribution in [0, 0.1) is 0 Å². The van der Waals surface area contributed by atoms with E-state index in [1.807, 2.05) is 29.8 Å². The number of piperazine rings is 1. The van der Waals surface area contributed by atoms with Gasteiger partial charge in [0.1, 0.15) is 5.52 Å². The van der Waals surface area contributed by atoms with E-state index in [1.54, 1.807) is 0 Å². The standard InChI is InChI=1S/C15H19ClN4O2S/c1-18-12-3-2-4-13(14(12)17-15(18)16)20-6-5-19-7-8-23(21,22)10-11(19)9-20/h2-4,11H,5-10H2,1H3. The molecule has 2 saturated heterocycles. The fourth-order valence-electron chi connectivity index (χ4n) is 3.62. The average Bonchev–Trinajstić information content (AvgIpc) is 2.81. The van der Waals surface area contributed by atoms with Crippen LogP contribution in [0.15, 0.2) is 18.2 Å². The van der Waals surface area contributed by atoms with Crippen molar-refractivity contribution >= 4 is 38.2 Å². The molecule has 1 aromatic carbocycles. The number of rotatable bonds is 1. The van der Waals surface area contributed by atoms with Crippen molar-refractivity contribution in [2.75, 3.05) is 42.6 Å². The van der Waals surface area contributed by atoms with Gasteiger partial charge in [-0.1, -0.05) is 6.07 Å². The van der Waals surface area contributed by atoms with Gasteiger partial charge >= 0.3 is 0 Å². The molecule has 2 aliphatic heterocycles. The third-order valence-corrected chi connectivity index (χ3v) is 6.95. The Hall–Kier alpha value is -1.31. The van der Waals surface area contributed by atoms with E-state index < -0.39 is 9.84 Å². The zero-order chi connectivity index (χ0) is 16.2. The van der Waals surface area contributed by atoms with Crippen LogP contribution in [0.3, 0.4) is 0 Å². The first kappa shape index (κ1) is 15.2. The van der Waals surface area contributed by atoms with E-state index in [-0.39, 0.29) is 17.5 Å². The number of nitrogens with zero attached hydrogens (tertiary/aromatic N) is 4. The molecule has 8 heteroatoms. The maximum absolute atomic E-state index is 11.9. The van der Waals surface area contributed by atoms with Crippen molar-refractivity contribution in [1.29, 1.82) is 0 Å². The first-order valence-electron chi connectivity index (χ1n) is 7.75. The van der Waals surface area contributed by atoms with E-state index in [0.29, 0.717) is 18.4 Å². The Balaban J connectivity index is 1.68. The summed E-state index contributed by atoms with van der Waals surface area (Å²) in [5, 5.41) is 0.464. The number of aromatic nitrogens is 2. The molecule has 2 fully saturated rings. The van der Waals surface area contributed by atoms with E-state index in [0.717, 1.165) is 29.8 Å². The zero-order valence-electron chi connectivity index (χ0n) is 12.9. The van der Waals surface area contributed by atoms with Crippen molar-refractivity contribution in [1.82, 2.24) is 14.5 Å². The van der Waals surface area contributed by atoms with Crippen molar-refractivity contribution in [2.24, 2.45) is 7.05 Å². The second-order valence-corrected chi connectivity index (χ2v) is 8.90. The first-order valence-corrected chi connectivity index (χ1v) is 9.95. The maximum Gasteiger partial charge on any atom is 0.203 e. The van der Waals surface area contributed by atoms with E-state index >= 15 is 0 Å². The van der Waals surface area contributed by atoms with Crippen molar-refractivity contribution in [3.8, 4) is 0 Å². The van der Waals surface area contributed by atoms with Crippen LogP contribution < -0.4 is 4.90 Å². The van der Waals surface area contributed by atoms with Gasteiger partial charge in [0.05, 0.1) is 22.7 Å². The lowest BCUT2D eigenvalue weighted by atomic mass is 10.1. The normalized spacial score (nSPS) is 24.8. The van der Waals surface area contributed by atoms with Crippen LogP contribution >= 0.6 is 11.6 Å². The highest BCUT2D eigenvalue weighted by Crippen LogP contribution is 2.30. The zero-order valence-corrected chi connectivity index (χ0v) is 14.5. The van der Waals surface area contributed by atoms with Crippen LogP contribution in [-0.2, 0) is 16.9 Å². The lowest BCUT2D eigenvalue weighted by molar-refractivity contribution is 0.194. The third-order valence-electron chi connectivity index (χ3n) is 4.92. The summed E-state index contributed by atoms with van der Waals surface area (Å²) < 4.78 is 25.7. The molecule has 1 atom stereocenters. The summed E-state index contributed by atoms with van der Waals surface area (Å²) >= 11 is 6.16. The number of hydrogen-bond donors (Lipinski definition) is 0. The molecule has 0 spiro atoms. The molecule has 0 bridgehead atoms. The van der Waals surface area contributed by atoms with Gasteiger partial charge in [-0.15, -0.1) is 0 Å². The molecule has 0 saturated carbocycles. The summed E-state index contributed by atoms with van der Waals surface area (Å²) in [6.45, 7) is 3.13. The minimum atomic E-state index is -2.91. The summed E-state index contributed by atoms with van der Waals surface area (Å²) in [6.07, 6.45) is 0. The Morgan fingerprint density at radius 3 is 2.91 bits per heavy atom. The van der Waals surface area contributed by atoms with Gasteiger partial charge in [0.2, 0.25) is 5.28 Å². The molecule has 6 nitrogen and oxygen atoms in total. The second-order valence-electron chi connectivity index (χ2n) is 6.33. The quantitative estimate of drug-likeness (QED) is 0.768. The second kappa shape index (κ2) is 5.36. The topological polar surface area (TPSA) is 58.4 Å². The number of aryl methyl sites for hydroxylation is 1. The number of benzene rings is 1. The van der Waals surface area contributed by atoms with Gasteiger partial charge in [-0.2, -0.15) is 0 Å². The lowest BCUT2D eigenvalue weighted by Gasteiger charge is -2.44. The molecule has 2 aliphatic rings. The number of anilines is 1. The minimum Gasteiger partial charge on any atom is -0.367 e. The summed E-state index contributed by atoms with van der Waals surface area (Å²) in [7, 11) is -1.02. The van der Waals surface area contributed by atoms with E-state index in [2.05, 4.69) is 14.8 Å². The monoisotopic (exact) mass is 354 g/mol. The highest BCUT2D eigenvalue weighted by atomic mass is 35.5. The Labute approximate surface area is 140 Å². The molecule has 3 heterocycles. The third kappa shape index (κ3) is 2.60. The molecule has 1 aromatic heterocycles. The van der Waals surface area contributed by atoms with Crippen LogP contribution in [0.4, 0.5) is 5.69 Å². The molecule has 23 heavy (non-hydrogen) atoms. The summed E-state index contributed by atoms with van der Waals surface area (Å²) in [5.74, 6) is 0.539. The van der Waals surface area contributed by atoms with E-state index in [9.17, 15) is 8.42 Å².